The van der Waals surface area contributed by atoms with Crippen LogP contribution < -0.4 is 24.2 Å². The summed E-state index contributed by atoms with van der Waals surface area (Å²) in [5.74, 6) is 1.10. The normalized spacial score (nSPS) is 12.8. The van der Waals surface area contributed by atoms with Gasteiger partial charge >= 0.3 is 0 Å². The topological polar surface area (TPSA) is 103 Å². The van der Waals surface area contributed by atoms with Crippen LogP contribution in [0.2, 0.25) is 0 Å². The second kappa shape index (κ2) is 8.71. The molecule has 8 nitrogen and oxygen atoms in total. The van der Waals surface area contributed by atoms with Crippen LogP contribution in [0.4, 0.5) is 0 Å². The molecule has 0 aromatic heterocycles. The van der Waals surface area contributed by atoms with Crippen molar-refractivity contribution in [2.24, 2.45) is 0 Å². The number of sulfonamides is 1. The highest BCUT2D eigenvalue weighted by molar-refractivity contribution is 7.89. The first-order valence-corrected chi connectivity index (χ1v) is 10.7. The zero-order valence-electron chi connectivity index (χ0n) is 16.5. The van der Waals surface area contributed by atoms with Crippen molar-refractivity contribution < 1.29 is 27.4 Å². The van der Waals surface area contributed by atoms with Gasteiger partial charge in [-0.05, 0) is 56.7 Å². The maximum absolute atomic E-state index is 12.7. The van der Waals surface area contributed by atoms with Crippen molar-refractivity contribution in [3.05, 3.63) is 47.5 Å². The van der Waals surface area contributed by atoms with Crippen LogP contribution in [0.5, 0.6) is 17.2 Å². The summed E-state index contributed by atoms with van der Waals surface area (Å²) in [4.78, 5) is 12.5. The Balaban J connectivity index is 1.78. The molecule has 0 saturated heterocycles. The number of carbonyl (C=O) groups is 1. The van der Waals surface area contributed by atoms with Crippen LogP contribution in [0.15, 0.2) is 41.3 Å². The predicted molar refractivity (Wildman–Crippen MR) is 107 cm³/mol. The number of carbonyl (C=O) groups excluding carboxylic acids is 1. The van der Waals surface area contributed by atoms with Gasteiger partial charge in [0.25, 0.3) is 5.91 Å². The SMILES string of the molecule is CCOc1ccc(C(=O)NCc2ccc3c(c2)OCO3)cc1S(=O)(=O)NC(C)C. The number of ether oxygens (including phenoxy) is 3. The molecule has 1 aliphatic rings. The van der Waals surface area contributed by atoms with E-state index >= 15 is 0 Å². The summed E-state index contributed by atoms with van der Waals surface area (Å²) >= 11 is 0. The number of rotatable bonds is 8. The van der Waals surface area contributed by atoms with E-state index in [0.29, 0.717) is 18.1 Å². The van der Waals surface area contributed by atoms with Crippen molar-refractivity contribution in [3.63, 3.8) is 0 Å². The van der Waals surface area contributed by atoms with Crippen molar-refractivity contribution in [2.45, 2.75) is 38.3 Å². The molecular formula is C20H24N2O6S. The summed E-state index contributed by atoms with van der Waals surface area (Å²) in [6.07, 6.45) is 0. The Hall–Kier alpha value is -2.78. The summed E-state index contributed by atoms with van der Waals surface area (Å²) in [5.41, 5.74) is 1.06. The minimum atomic E-state index is -3.83. The standard InChI is InChI=1S/C20H24N2O6S/c1-4-26-17-8-6-15(10-19(17)29(24,25)22-13(2)3)20(23)21-11-14-5-7-16-18(9-14)28-12-27-16/h5-10,13,22H,4,11-12H2,1-3H3,(H,21,23). The molecule has 0 bridgehead atoms. The Morgan fingerprint density at radius 2 is 1.90 bits per heavy atom. The van der Waals surface area contributed by atoms with E-state index in [9.17, 15) is 13.2 Å². The molecule has 29 heavy (non-hydrogen) atoms. The molecule has 2 aromatic carbocycles. The summed E-state index contributed by atoms with van der Waals surface area (Å²) in [5, 5.41) is 2.79. The number of hydrogen-bond donors (Lipinski definition) is 2. The minimum Gasteiger partial charge on any atom is -0.492 e. The summed E-state index contributed by atoms with van der Waals surface area (Å²) in [6, 6.07) is 9.46. The van der Waals surface area contributed by atoms with Crippen molar-refractivity contribution in [1.82, 2.24) is 10.0 Å². The van der Waals surface area contributed by atoms with Gasteiger partial charge in [0.05, 0.1) is 6.61 Å². The molecule has 1 aliphatic heterocycles. The van der Waals surface area contributed by atoms with E-state index < -0.39 is 15.9 Å². The first-order chi connectivity index (χ1) is 13.8. The van der Waals surface area contributed by atoms with Crippen LogP contribution in [0, 0.1) is 0 Å². The number of benzene rings is 2. The first kappa shape index (κ1) is 20.9. The fourth-order valence-electron chi connectivity index (χ4n) is 2.84. The number of hydrogen-bond acceptors (Lipinski definition) is 6. The lowest BCUT2D eigenvalue weighted by Crippen LogP contribution is -2.31. The van der Waals surface area contributed by atoms with E-state index in [1.54, 1.807) is 32.9 Å². The quantitative estimate of drug-likeness (QED) is 0.680. The Kier molecular flexibility index (Phi) is 6.29. The third-order valence-corrected chi connectivity index (χ3v) is 5.76. The van der Waals surface area contributed by atoms with Crippen molar-refractivity contribution in [1.29, 1.82) is 0 Å². The van der Waals surface area contributed by atoms with Crippen LogP contribution in [0.25, 0.3) is 0 Å². The van der Waals surface area contributed by atoms with Crippen LogP contribution in [-0.4, -0.2) is 33.8 Å². The molecule has 0 atom stereocenters. The molecule has 156 valence electrons. The predicted octanol–water partition coefficient (Wildman–Crippen LogP) is 2.43. The highest BCUT2D eigenvalue weighted by atomic mass is 32.2. The van der Waals surface area contributed by atoms with Crippen molar-refractivity contribution >= 4 is 15.9 Å². The van der Waals surface area contributed by atoms with E-state index in [1.807, 2.05) is 6.07 Å². The zero-order chi connectivity index (χ0) is 21.0. The van der Waals surface area contributed by atoms with Crippen molar-refractivity contribution in [2.75, 3.05) is 13.4 Å². The Labute approximate surface area is 170 Å². The van der Waals surface area contributed by atoms with Gasteiger partial charge in [-0.2, -0.15) is 0 Å². The molecule has 2 N–H and O–H groups in total. The fraction of sp³-hybridized carbons (Fsp3) is 0.350. The van der Waals surface area contributed by atoms with Gasteiger partial charge in [0.1, 0.15) is 10.6 Å². The summed E-state index contributed by atoms with van der Waals surface area (Å²) < 4.78 is 43.9. The zero-order valence-corrected chi connectivity index (χ0v) is 17.3. The molecule has 2 aromatic rings. The lowest BCUT2D eigenvalue weighted by atomic mass is 10.1. The molecule has 1 heterocycles. The van der Waals surface area contributed by atoms with Gasteiger partial charge in [0.15, 0.2) is 11.5 Å². The fourth-order valence-corrected chi connectivity index (χ4v) is 4.26. The molecule has 9 heteroatoms. The lowest BCUT2D eigenvalue weighted by molar-refractivity contribution is 0.0950. The minimum absolute atomic E-state index is 0.0659. The van der Waals surface area contributed by atoms with E-state index in [4.69, 9.17) is 14.2 Å². The van der Waals surface area contributed by atoms with Crippen LogP contribution in [0.1, 0.15) is 36.7 Å². The molecule has 0 radical (unpaired) electrons. The van der Waals surface area contributed by atoms with E-state index in [-0.39, 0.29) is 35.6 Å². The molecule has 3 rings (SSSR count). The van der Waals surface area contributed by atoms with Gasteiger partial charge in [-0.1, -0.05) is 6.07 Å². The largest absolute Gasteiger partial charge is 0.492 e. The Bertz CT molecular complexity index is 1000. The van der Waals surface area contributed by atoms with Crippen LogP contribution >= 0.6 is 0 Å². The highest BCUT2D eigenvalue weighted by Gasteiger charge is 2.23. The Morgan fingerprint density at radius 1 is 1.14 bits per heavy atom. The average molecular weight is 420 g/mol. The first-order valence-electron chi connectivity index (χ1n) is 9.26. The maximum Gasteiger partial charge on any atom is 0.251 e. The van der Waals surface area contributed by atoms with Gasteiger partial charge in [-0.25, -0.2) is 13.1 Å². The van der Waals surface area contributed by atoms with E-state index in [1.165, 1.54) is 18.2 Å². The molecule has 1 amide bonds. The van der Waals surface area contributed by atoms with E-state index in [2.05, 4.69) is 10.0 Å². The van der Waals surface area contributed by atoms with Gasteiger partial charge in [0.2, 0.25) is 16.8 Å². The molecule has 0 saturated carbocycles. The maximum atomic E-state index is 12.7. The number of nitrogens with one attached hydrogen (secondary N) is 2. The lowest BCUT2D eigenvalue weighted by Gasteiger charge is -2.15. The third kappa shape index (κ3) is 4.99. The van der Waals surface area contributed by atoms with Gasteiger partial charge in [-0.15, -0.1) is 0 Å². The van der Waals surface area contributed by atoms with Crippen molar-refractivity contribution in [3.8, 4) is 17.2 Å². The monoisotopic (exact) mass is 420 g/mol. The second-order valence-electron chi connectivity index (χ2n) is 6.74. The molecule has 0 aliphatic carbocycles. The Morgan fingerprint density at radius 3 is 2.62 bits per heavy atom. The molecule has 0 unspecified atom stereocenters. The highest BCUT2D eigenvalue weighted by Crippen LogP contribution is 2.32. The number of fused-ring (bicyclic) bond motifs is 1. The summed E-state index contributed by atoms with van der Waals surface area (Å²) in [6.45, 7) is 5.95. The van der Waals surface area contributed by atoms with Crippen LogP contribution in [0.3, 0.4) is 0 Å². The van der Waals surface area contributed by atoms with Gasteiger partial charge in [-0.3, -0.25) is 4.79 Å². The molecular weight excluding hydrogens is 396 g/mol. The van der Waals surface area contributed by atoms with E-state index in [0.717, 1.165) is 5.56 Å². The molecule has 0 spiro atoms. The third-order valence-electron chi connectivity index (χ3n) is 4.08. The number of amides is 1. The molecule has 0 fully saturated rings. The second-order valence-corrected chi connectivity index (χ2v) is 8.42. The van der Waals surface area contributed by atoms with Gasteiger partial charge in [0, 0.05) is 18.2 Å². The van der Waals surface area contributed by atoms with Crippen LogP contribution in [-0.2, 0) is 16.6 Å². The van der Waals surface area contributed by atoms with Gasteiger partial charge < -0.3 is 19.5 Å². The average Bonchev–Trinajstić information content (AvgIpc) is 3.13. The summed E-state index contributed by atoms with van der Waals surface area (Å²) in [7, 11) is -3.83. The smallest absolute Gasteiger partial charge is 0.251 e.